The minimum atomic E-state index is 0.113. The molecule has 0 saturated heterocycles. The Morgan fingerprint density at radius 3 is 2.56 bits per heavy atom. The lowest BCUT2D eigenvalue weighted by atomic mass is 10.0. The van der Waals surface area contributed by atoms with Gasteiger partial charge in [-0.25, -0.2) is 0 Å². The Bertz CT molecular complexity index is 902. The van der Waals surface area contributed by atoms with Crippen LogP contribution in [-0.2, 0) is 24.3 Å². The third-order valence-corrected chi connectivity index (χ3v) is 4.62. The predicted octanol–water partition coefficient (Wildman–Crippen LogP) is 2.84. The van der Waals surface area contributed by atoms with Crippen LogP contribution in [0.15, 0.2) is 60.8 Å². The Morgan fingerprint density at radius 2 is 1.76 bits per heavy atom. The van der Waals surface area contributed by atoms with Gasteiger partial charge in [0.05, 0.1) is 31.4 Å². The van der Waals surface area contributed by atoms with Crippen molar-refractivity contribution < 1.29 is 9.90 Å². The van der Waals surface area contributed by atoms with E-state index in [9.17, 15) is 9.90 Å². The Hall–Kier alpha value is -3.08. The fourth-order valence-corrected chi connectivity index (χ4v) is 3.27. The van der Waals surface area contributed by atoms with E-state index < -0.39 is 0 Å². The van der Waals surface area contributed by atoms with Crippen molar-refractivity contribution in [2.75, 3.05) is 6.54 Å². The number of aromatic nitrogens is 2. The standard InChI is InChI=1S/C20H19N3O2/c24-19-9-5-4-8-16(19)17-13-21-23-11-10-22(14-18(17)23)20(25)12-15-6-2-1-3-7-15/h1-9,13,24H,10-12,14H2. The molecule has 25 heavy (non-hydrogen) atoms. The average molecular weight is 333 g/mol. The smallest absolute Gasteiger partial charge is 0.227 e. The summed E-state index contributed by atoms with van der Waals surface area (Å²) in [4.78, 5) is 14.5. The maximum Gasteiger partial charge on any atom is 0.227 e. The van der Waals surface area contributed by atoms with Gasteiger partial charge in [-0.15, -0.1) is 0 Å². The molecule has 2 heterocycles. The van der Waals surface area contributed by atoms with Gasteiger partial charge in [0.1, 0.15) is 5.75 Å². The second-order valence-electron chi connectivity index (χ2n) is 6.22. The Kier molecular flexibility index (Phi) is 3.98. The van der Waals surface area contributed by atoms with Crippen molar-refractivity contribution in [1.29, 1.82) is 0 Å². The van der Waals surface area contributed by atoms with E-state index in [1.807, 2.05) is 52.0 Å². The first kappa shape index (κ1) is 15.4. The van der Waals surface area contributed by atoms with Crippen LogP contribution >= 0.6 is 0 Å². The molecule has 4 rings (SSSR count). The summed E-state index contributed by atoms with van der Waals surface area (Å²) < 4.78 is 1.92. The second-order valence-corrected chi connectivity index (χ2v) is 6.22. The number of carbonyl (C=O) groups is 1. The van der Waals surface area contributed by atoms with Gasteiger partial charge in [-0.1, -0.05) is 48.5 Å². The highest BCUT2D eigenvalue weighted by molar-refractivity contribution is 5.79. The third kappa shape index (κ3) is 3.01. The molecule has 1 aliphatic rings. The minimum Gasteiger partial charge on any atom is -0.507 e. The Labute approximate surface area is 146 Å². The van der Waals surface area contributed by atoms with Crippen LogP contribution in [0.5, 0.6) is 5.75 Å². The Morgan fingerprint density at radius 1 is 1.00 bits per heavy atom. The monoisotopic (exact) mass is 333 g/mol. The van der Waals surface area contributed by atoms with Gasteiger partial charge in [0.25, 0.3) is 0 Å². The molecular formula is C20H19N3O2. The maximum absolute atomic E-state index is 12.7. The SMILES string of the molecule is O=C(Cc1ccccc1)N1CCn2ncc(-c3ccccc3O)c2C1. The molecule has 0 saturated carbocycles. The molecule has 0 radical (unpaired) electrons. The van der Waals surface area contributed by atoms with Crippen LogP contribution in [0, 0.1) is 0 Å². The summed E-state index contributed by atoms with van der Waals surface area (Å²) in [5.41, 5.74) is 3.62. The number of amides is 1. The highest BCUT2D eigenvalue weighted by atomic mass is 16.3. The summed E-state index contributed by atoms with van der Waals surface area (Å²) in [7, 11) is 0. The van der Waals surface area contributed by atoms with Gasteiger partial charge in [-0.2, -0.15) is 5.10 Å². The van der Waals surface area contributed by atoms with Crippen molar-refractivity contribution in [3.05, 3.63) is 72.1 Å². The van der Waals surface area contributed by atoms with E-state index in [2.05, 4.69) is 5.10 Å². The number of phenolic OH excluding ortho intramolecular Hbond substituents is 1. The molecule has 0 spiro atoms. The summed E-state index contributed by atoms with van der Waals surface area (Å²) in [6.07, 6.45) is 2.18. The van der Waals surface area contributed by atoms with Gasteiger partial charge in [0.2, 0.25) is 5.91 Å². The number of aromatic hydroxyl groups is 1. The molecule has 0 unspecified atom stereocenters. The first-order valence-corrected chi connectivity index (χ1v) is 8.37. The highest BCUT2D eigenvalue weighted by Gasteiger charge is 2.25. The van der Waals surface area contributed by atoms with Crippen LogP contribution in [-0.4, -0.2) is 32.2 Å². The van der Waals surface area contributed by atoms with Crippen molar-refractivity contribution >= 4 is 5.91 Å². The molecule has 1 amide bonds. The summed E-state index contributed by atoms with van der Waals surface area (Å²) >= 11 is 0. The number of nitrogens with zero attached hydrogens (tertiary/aromatic N) is 3. The van der Waals surface area contributed by atoms with Crippen LogP contribution in [0.2, 0.25) is 0 Å². The van der Waals surface area contributed by atoms with E-state index in [-0.39, 0.29) is 11.7 Å². The summed E-state index contributed by atoms with van der Waals surface area (Å²) in [5, 5.41) is 14.6. The minimum absolute atomic E-state index is 0.113. The van der Waals surface area contributed by atoms with Gasteiger partial charge in [-0.3, -0.25) is 9.48 Å². The van der Waals surface area contributed by atoms with E-state index >= 15 is 0 Å². The number of rotatable bonds is 3. The van der Waals surface area contributed by atoms with Crippen LogP contribution in [0.4, 0.5) is 0 Å². The van der Waals surface area contributed by atoms with Gasteiger partial charge in [0, 0.05) is 17.7 Å². The molecule has 0 aliphatic carbocycles. The molecule has 126 valence electrons. The molecular weight excluding hydrogens is 314 g/mol. The average Bonchev–Trinajstić information content (AvgIpc) is 3.06. The highest BCUT2D eigenvalue weighted by Crippen LogP contribution is 2.33. The first-order valence-electron chi connectivity index (χ1n) is 8.37. The molecule has 1 aliphatic heterocycles. The first-order chi connectivity index (χ1) is 12.2. The molecule has 1 aromatic heterocycles. The second kappa shape index (κ2) is 6.43. The molecule has 5 nitrogen and oxygen atoms in total. The topological polar surface area (TPSA) is 58.4 Å². The molecule has 0 atom stereocenters. The molecule has 2 aromatic carbocycles. The third-order valence-electron chi connectivity index (χ3n) is 4.62. The lowest BCUT2D eigenvalue weighted by Gasteiger charge is -2.28. The molecule has 3 aromatic rings. The van der Waals surface area contributed by atoms with E-state index in [1.54, 1.807) is 18.3 Å². The van der Waals surface area contributed by atoms with E-state index in [0.717, 1.165) is 22.4 Å². The van der Waals surface area contributed by atoms with Crippen molar-refractivity contribution in [3.8, 4) is 16.9 Å². The molecule has 0 bridgehead atoms. The van der Waals surface area contributed by atoms with Gasteiger partial charge >= 0.3 is 0 Å². The van der Waals surface area contributed by atoms with Crippen molar-refractivity contribution in [1.82, 2.24) is 14.7 Å². The maximum atomic E-state index is 12.7. The van der Waals surface area contributed by atoms with E-state index in [1.165, 1.54) is 0 Å². The van der Waals surface area contributed by atoms with Crippen LogP contribution < -0.4 is 0 Å². The van der Waals surface area contributed by atoms with Crippen LogP contribution in [0.1, 0.15) is 11.3 Å². The molecule has 1 N–H and O–H groups in total. The summed E-state index contributed by atoms with van der Waals surface area (Å²) in [6, 6.07) is 17.0. The fourth-order valence-electron chi connectivity index (χ4n) is 3.27. The molecule has 5 heteroatoms. The number of carbonyl (C=O) groups excluding carboxylic acids is 1. The van der Waals surface area contributed by atoms with Gasteiger partial charge in [-0.05, 0) is 11.6 Å². The van der Waals surface area contributed by atoms with Gasteiger partial charge in [0.15, 0.2) is 0 Å². The largest absolute Gasteiger partial charge is 0.507 e. The van der Waals surface area contributed by atoms with E-state index in [0.29, 0.717) is 26.1 Å². The van der Waals surface area contributed by atoms with Crippen molar-refractivity contribution in [2.45, 2.75) is 19.5 Å². The van der Waals surface area contributed by atoms with Crippen molar-refractivity contribution in [2.24, 2.45) is 0 Å². The number of hydrogen-bond donors (Lipinski definition) is 1. The number of benzene rings is 2. The summed E-state index contributed by atoms with van der Waals surface area (Å²) in [6.45, 7) is 1.83. The zero-order chi connectivity index (χ0) is 17.2. The zero-order valence-electron chi connectivity index (χ0n) is 13.8. The lowest BCUT2D eigenvalue weighted by Crippen LogP contribution is -2.39. The summed E-state index contributed by atoms with van der Waals surface area (Å²) in [5.74, 6) is 0.341. The molecule has 0 fully saturated rings. The number of hydrogen-bond acceptors (Lipinski definition) is 3. The number of phenols is 1. The lowest BCUT2D eigenvalue weighted by molar-refractivity contribution is -0.131. The quantitative estimate of drug-likeness (QED) is 0.802. The fraction of sp³-hybridized carbons (Fsp3) is 0.200. The van der Waals surface area contributed by atoms with Gasteiger partial charge < -0.3 is 10.0 Å². The van der Waals surface area contributed by atoms with Crippen molar-refractivity contribution in [3.63, 3.8) is 0 Å². The van der Waals surface area contributed by atoms with E-state index in [4.69, 9.17) is 0 Å². The van der Waals surface area contributed by atoms with Crippen LogP contribution in [0.3, 0.4) is 0 Å². The number of fused-ring (bicyclic) bond motifs is 1. The predicted molar refractivity (Wildman–Crippen MR) is 94.9 cm³/mol. The number of para-hydroxylation sites is 1. The normalized spacial score (nSPS) is 13.5. The zero-order valence-corrected chi connectivity index (χ0v) is 13.8. The Balaban J connectivity index is 1.58. The van der Waals surface area contributed by atoms with Crippen LogP contribution in [0.25, 0.3) is 11.1 Å².